The smallest absolute Gasteiger partial charge is 0.388 e. The zero-order valence-electron chi connectivity index (χ0n) is 5.46. The molecular formula is C6H9NO2. The minimum absolute atomic E-state index is 0.0972. The van der Waals surface area contributed by atoms with E-state index in [0.29, 0.717) is 0 Å². The number of carboxylic acids is 1. The zero-order chi connectivity index (χ0) is 7.44. The third kappa shape index (κ3) is 2.13. The predicted octanol–water partition coefficient (Wildman–Crippen LogP) is 1.01. The van der Waals surface area contributed by atoms with Crippen molar-refractivity contribution in [3.63, 3.8) is 0 Å². The average molecular weight is 127 g/mol. The molecule has 1 N–H and O–H groups in total. The van der Waals surface area contributed by atoms with E-state index in [0.717, 1.165) is 0 Å². The lowest BCUT2D eigenvalue weighted by Crippen LogP contribution is -2.21. The van der Waals surface area contributed by atoms with Gasteiger partial charge in [-0.3, -0.25) is 0 Å². The second-order valence-electron chi connectivity index (χ2n) is 2.16. The van der Waals surface area contributed by atoms with Gasteiger partial charge in [0.05, 0.1) is 0 Å². The first-order valence-corrected chi connectivity index (χ1v) is 2.69. The summed E-state index contributed by atoms with van der Waals surface area (Å²) >= 11 is 0. The van der Waals surface area contributed by atoms with Crippen molar-refractivity contribution in [1.29, 1.82) is 0 Å². The Morgan fingerprint density at radius 3 is 2.11 bits per heavy atom. The van der Waals surface area contributed by atoms with Gasteiger partial charge in [-0.25, -0.2) is 11.4 Å². The van der Waals surface area contributed by atoms with Gasteiger partial charge in [0.2, 0.25) is 0 Å². The summed E-state index contributed by atoms with van der Waals surface area (Å²) in [7, 11) is 0. The molecule has 0 fully saturated rings. The Labute approximate surface area is 54.1 Å². The molecule has 0 aliphatic carbocycles. The van der Waals surface area contributed by atoms with Gasteiger partial charge in [-0.05, 0) is 0 Å². The molecule has 0 saturated heterocycles. The van der Waals surface area contributed by atoms with Gasteiger partial charge < -0.3 is 9.95 Å². The van der Waals surface area contributed by atoms with E-state index in [1.807, 2.05) is 0 Å². The van der Waals surface area contributed by atoms with Gasteiger partial charge in [0.1, 0.15) is 0 Å². The predicted molar refractivity (Wildman–Crippen MR) is 32.9 cm³/mol. The Morgan fingerprint density at radius 1 is 1.67 bits per heavy atom. The maximum atomic E-state index is 10.2. The van der Waals surface area contributed by atoms with Gasteiger partial charge in [0.25, 0.3) is 0 Å². The van der Waals surface area contributed by atoms with E-state index in [2.05, 4.69) is 4.85 Å². The van der Waals surface area contributed by atoms with E-state index >= 15 is 0 Å². The Bertz CT molecular complexity index is 146. The van der Waals surface area contributed by atoms with Crippen LogP contribution in [0.5, 0.6) is 0 Å². The van der Waals surface area contributed by atoms with Crippen molar-refractivity contribution in [3.8, 4) is 0 Å². The number of carbonyl (C=O) groups is 1. The largest absolute Gasteiger partial charge is 0.476 e. The van der Waals surface area contributed by atoms with Gasteiger partial charge in [0.15, 0.2) is 0 Å². The highest BCUT2D eigenvalue weighted by Gasteiger charge is 2.25. The third-order valence-electron chi connectivity index (χ3n) is 1.02. The second-order valence-corrected chi connectivity index (χ2v) is 2.16. The van der Waals surface area contributed by atoms with Gasteiger partial charge in [-0.1, -0.05) is 13.8 Å². The van der Waals surface area contributed by atoms with Crippen LogP contribution in [0, 0.1) is 12.5 Å². The molecule has 0 amide bonds. The van der Waals surface area contributed by atoms with Gasteiger partial charge in [-0.15, -0.1) is 0 Å². The fourth-order valence-electron chi connectivity index (χ4n) is 0.489. The van der Waals surface area contributed by atoms with Crippen molar-refractivity contribution in [1.82, 2.24) is 0 Å². The van der Waals surface area contributed by atoms with E-state index < -0.39 is 12.0 Å². The quantitative estimate of drug-likeness (QED) is 0.562. The highest BCUT2D eigenvalue weighted by molar-refractivity contribution is 5.75. The summed E-state index contributed by atoms with van der Waals surface area (Å²) in [5.41, 5.74) is 0. The first kappa shape index (κ1) is 7.96. The average Bonchev–Trinajstić information content (AvgIpc) is 1.64. The van der Waals surface area contributed by atoms with Crippen LogP contribution in [0.1, 0.15) is 13.8 Å². The maximum absolute atomic E-state index is 10.2. The van der Waals surface area contributed by atoms with Gasteiger partial charge >= 0.3 is 12.0 Å². The van der Waals surface area contributed by atoms with Crippen LogP contribution in [0.4, 0.5) is 0 Å². The SMILES string of the molecule is [C-]#[N+]C(C(=O)O)C(C)C. The number of hydrogen-bond donors (Lipinski definition) is 1. The Morgan fingerprint density at radius 2 is 2.11 bits per heavy atom. The first-order valence-electron chi connectivity index (χ1n) is 2.69. The molecule has 0 heterocycles. The summed E-state index contributed by atoms with van der Waals surface area (Å²) < 4.78 is 0. The summed E-state index contributed by atoms with van der Waals surface area (Å²) in [6, 6.07) is -0.870. The molecule has 9 heavy (non-hydrogen) atoms. The topological polar surface area (TPSA) is 41.7 Å². The minimum Gasteiger partial charge on any atom is -0.476 e. The lowest BCUT2D eigenvalue weighted by Gasteiger charge is -2.00. The lowest BCUT2D eigenvalue weighted by molar-refractivity contribution is -0.138. The molecule has 0 aliphatic heterocycles. The molecule has 0 saturated carbocycles. The van der Waals surface area contributed by atoms with E-state index in [1.54, 1.807) is 13.8 Å². The highest BCUT2D eigenvalue weighted by Crippen LogP contribution is 2.05. The van der Waals surface area contributed by atoms with Crippen molar-refractivity contribution >= 4 is 5.97 Å². The molecule has 0 aromatic heterocycles. The number of aliphatic carboxylic acids is 1. The van der Waals surface area contributed by atoms with E-state index in [1.165, 1.54) is 0 Å². The number of carboxylic acid groups (broad SMARTS) is 1. The van der Waals surface area contributed by atoms with Gasteiger partial charge in [0, 0.05) is 5.92 Å². The molecule has 1 atom stereocenters. The molecule has 0 aromatic carbocycles. The summed E-state index contributed by atoms with van der Waals surface area (Å²) in [5, 5.41) is 8.33. The Kier molecular flexibility index (Phi) is 2.72. The molecule has 0 aliphatic rings. The van der Waals surface area contributed by atoms with Crippen molar-refractivity contribution in [2.24, 2.45) is 5.92 Å². The van der Waals surface area contributed by atoms with Crippen LogP contribution in [-0.2, 0) is 4.79 Å². The van der Waals surface area contributed by atoms with Crippen molar-refractivity contribution in [2.45, 2.75) is 19.9 Å². The Balaban J connectivity index is 4.04. The van der Waals surface area contributed by atoms with Crippen LogP contribution in [0.15, 0.2) is 0 Å². The molecule has 0 radical (unpaired) electrons. The lowest BCUT2D eigenvalue weighted by atomic mass is 10.1. The zero-order valence-corrected chi connectivity index (χ0v) is 5.46. The van der Waals surface area contributed by atoms with Crippen molar-refractivity contribution in [3.05, 3.63) is 11.4 Å². The molecule has 0 spiro atoms. The number of nitrogens with zero attached hydrogens (tertiary/aromatic N) is 1. The standard InChI is InChI=1S/C6H9NO2/c1-4(2)5(7-3)6(8)9/h4-5H,1-2H3,(H,8,9). The minimum atomic E-state index is -1.03. The van der Waals surface area contributed by atoms with Crippen molar-refractivity contribution < 1.29 is 9.90 Å². The van der Waals surface area contributed by atoms with Gasteiger partial charge in [-0.2, -0.15) is 0 Å². The molecule has 0 bridgehead atoms. The monoisotopic (exact) mass is 127 g/mol. The normalized spacial score (nSPS) is 12.7. The number of hydrogen-bond acceptors (Lipinski definition) is 1. The summed E-state index contributed by atoms with van der Waals surface area (Å²) in [4.78, 5) is 13.1. The first-order chi connectivity index (χ1) is 4.09. The highest BCUT2D eigenvalue weighted by atomic mass is 16.4. The second kappa shape index (κ2) is 3.08. The fraction of sp³-hybridized carbons (Fsp3) is 0.667. The van der Waals surface area contributed by atoms with E-state index in [4.69, 9.17) is 11.7 Å². The summed E-state index contributed by atoms with van der Waals surface area (Å²) in [6.07, 6.45) is 0. The van der Waals surface area contributed by atoms with Crippen LogP contribution in [-0.4, -0.2) is 17.1 Å². The van der Waals surface area contributed by atoms with E-state index in [9.17, 15) is 4.79 Å². The van der Waals surface area contributed by atoms with E-state index in [-0.39, 0.29) is 5.92 Å². The molecular weight excluding hydrogens is 118 g/mol. The van der Waals surface area contributed by atoms with Crippen LogP contribution < -0.4 is 0 Å². The molecule has 1 unspecified atom stereocenters. The number of rotatable bonds is 2. The third-order valence-corrected chi connectivity index (χ3v) is 1.02. The molecule has 0 aromatic rings. The molecule has 50 valence electrons. The summed E-state index contributed by atoms with van der Waals surface area (Å²) in [6.45, 7) is 9.90. The molecule has 3 heteroatoms. The van der Waals surface area contributed by atoms with Crippen LogP contribution in [0.2, 0.25) is 0 Å². The maximum Gasteiger partial charge on any atom is 0.388 e. The fourth-order valence-corrected chi connectivity index (χ4v) is 0.489. The molecule has 0 rings (SSSR count). The van der Waals surface area contributed by atoms with Crippen molar-refractivity contribution in [2.75, 3.05) is 0 Å². The summed E-state index contributed by atoms with van der Waals surface area (Å²) in [5.74, 6) is -1.13. The Hall–Kier alpha value is -1.04. The van der Waals surface area contributed by atoms with Crippen LogP contribution in [0.25, 0.3) is 4.85 Å². The van der Waals surface area contributed by atoms with Crippen LogP contribution >= 0.6 is 0 Å². The van der Waals surface area contributed by atoms with Crippen LogP contribution in [0.3, 0.4) is 0 Å². The molecule has 3 nitrogen and oxygen atoms in total.